The monoisotopic (exact) mass is 374 g/mol. The molecule has 0 aliphatic carbocycles. The molecule has 0 unspecified atom stereocenters. The molecule has 3 heterocycles. The smallest absolute Gasteiger partial charge is 0.264 e. The van der Waals surface area contributed by atoms with Crippen LogP contribution in [0.25, 0.3) is 21.5 Å². The van der Waals surface area contributed by atoms with Gasteiger partial charge < -0.3 is 9.80 Å². The van der Waals surface area contributed by atoms with Gasteiger partial charge in [0.15, 0.2) is 0 Å². The molecular weight excluding hydrogens is 356 g/mol. The van der Waals surface area contributed by atoms with Crippen LogP contribution in [0.5, 0.6) is 0 Å². The second-order valence-corrected chi connectivity index (χ2v) is 7.87. The van der Waals surface area contributed by atoms with Crippen molar-refractivity contribution >= 4 is 39.1 Å². The zero-order valence-electron chi connectivity index (χ0n) is 14.2. The van der Waals surface area contributed by atoms with Gasteiger partial charge in [-0.25, -0.2) is 0 Å². The number of amides is 1. The van der Waals surface area contributed by atoms with Gasteiger partial charge in [-0.05, 0) is 25.2 Å². The predicted octanol–water partition coefficient (Wildman–Crippen LogP) is 3.34. The highest BCUT2D eigenvalue weighted by molar-refractivity contribution is 7.20. The molecule has 2 aromatic heterocycles. The van der Waals surface area contributed by atoms with E-state index in [4.69, 9.17) is 11.6 Å². The molecule has 5 nitrogen and oxygen atoms in total. The zero-order chi connectivity index (χ0) is 17.6. The van der Waals surface area contributed by atoms with Crippen molar-refractivity contribution < 1.29 is 4.79 Å². The standard InChI is InChI=1S/C18H19ClN4OS/c1-21-7-9-23(10-8-21)17(24)15-11-14-16(20-22(2)18(14)25-15)12-3-5-13(19)6-4-12/h3-6,11H,7-10H2,1-2H3. The number of hydrogen-bond acceptors (Lipinski definition) is 4. The van der Waals surface area contributed by atoms with Crippen molar-refractivity contribution in [1.29, 1.82) is 0 Å². The molecule has 7 heteroatoms. The van der Waals surface area contributed by atoms with Crippen LogP contribution in [-0.2, 0) is 7.05 Å². The van der Waals surface area contributed by atoms with E-state index in [9.17, 15) is 4.79 Å². The first kappa shape index (κ1) is 16.6. The summed E-state index contributed by atoms with van der Waals surface area (Å²) in [5, 5.41) is 6.35. The average Bonchev–Trinajstić information content (AvgIpc) is 3.17. The third kappa shape index (κ3) is 3.05. The van der Waals surface area contributed by atoms with E-state index in [1.807, 2.05) is 47.0 Å². The summed E-state index contributed by atoms with van der Waals surface area (Å²) in [6, 6.07) is 9.63. The van der Waals surface area contributed by atoms with Crippen molar-refractivity contribution in [2.45, 2.75) is 0 Å². The zero-order valence-corrected chi connectivity index (χ0v) is 15.8. The van der Waals surface area contributed by atoms with Crippen LogP contribution in [0.2, 0.25) is 5.02 Å². The summed E-state index contributed by atoms with van der Waals surface area (Å²) in [7, 11) is 4.01. The fourth-order valence-corrected chi connectivity index (χ4v) is 4.30. The van der Waals surface area contributed by atoms with Crippen molar-refractivity contribution in [3.63, 3.8) is 0 Å². The first-order valence-electron chi connectivity index (χ1n) is 8.23. The number of benzene rings is 1. The Balaban J connectivity index is 1.69. The van der Waals surface area contributed by atoms with Crippen LogP contribution in [-0.4, -0.2) is 58.7 Å². The van der Waals surface area contributed by atoms with Crippen molar-refractivity contribution in [2.75, 3.05) is 33.2 Å². The quantitative estimate of drug-likeness (QED) is 0.690. The maximum Gasteiger partial charge on any atom is 0.264 e. The minimum Gasteiger partial charge on any atom is -0.335 e. The SMILES string of the molecule is CN1CCN(C(=O)c2cc3c(-c4ccc(Cl)cc4)nn(C)c3s2)CC1. The Morgan fingerprint density at radius 3 is 2.48 bits per heavy atom. The van der Waals surface area contributed by atoms with Crippen LogP contribution in [0.15, 0.2) is 30.3 Å². The topological polar surface area (TPSA) is 41.4 Å². The molecule has 3 aromatic rings. The van der Waals surface area contributed by atoms with Crippen LogP contribution in [0.1, 0.15) is 9.67 Å². The van der Waals surface area contributed by atoms with Crippen molar-refractivity contribution in [3.05, 3.63) is 40.2 Å². The van der Waals surface area contributed by atoms with Crippen molar-refractivity contribution in [3.8, 4) is 11.3 Å². The number of aryl methyl sites for hydroxylation is 1. The molecule has 0 bridgehead atoms. The number of fused-ring (bicyclic) bond motifs is 1. The molecule has 1 amide bonds. The lowest BCUT2D eigenvalue weighted by Crippen LogP contribution is -2.46. The molecule has 130 valence electrons. The summed E-state index contributed by atoms with van der Waals surface area (Å²) >= 11 is 7.50. The average molecular weight is 375 g/mol. The third-order valence-electron chi connectivity index (χ3n) is 4.63. The van der Waals surface area contributed by atoms with E-state index in [1.54, 1.807) is 0 Å². The van der Waals surface area contributed by atoms with E-state index in [0.717, 1.165) is 52.5 Å². The van der Waals surface area contributed by atoms with E-state index in [1.165, 1.54) is 11.3 Å². The van der Waals surface area contributed by atoms with Crippen LogP contribution < -0.4 is 0 Å². The molecule has 1 fully saturated rings. The highest BCUT2D eigenvalue weighted by Gasteiger charge is 2.24. The van der Waals surface area contributed by atoms with Gasteiger partial charge in [0.2, 0.25) is 0 Å². The highest BCUT2D eigenvalue weighted by atomic mass is 35.5. The number of rotatable bonds is 2. The molecule has 25 heavy (non-hydrogen) atoms. The number of likely N-dealkylation sites (N-methyl/N-ethyl adjacent to an activating group) is 1. The van der Waals surface area contributed by atoms with Gasteiger partial charge in [-0.2, -0.15) is 5.10 Å². The largest absolute Gasteiger partial charge is 0.335 e. The first-order valence-corrected chi connectivity index (χ1v) is 9.42. The number of aromatic nitrogens is 2. The number of piperazine rings is 1. The molecule has 0 radical (unpaired) electrons. The molecular formula is C18H19ClN4OS. The summed E-state index contributed by atoms with van der Waals surface area (Å²) in [4.78, 5) is 18.8. The van der Waals surface area contributed by atoms with Gasteiger partial charge in [-0.3, -0.25) is 9.48 Å². The Bertz CT molecular complexity index is 923. The summed E-state index contributed by atoms with van der Waals surface area (Å²) in [5.74, 6) is 0.122. The molecule has 1 saturated heterocycles. The van der Waals surface area contributed by atoms with Crippen LogP contribution >= 0.6 is 22.9 Å². The van der Waals surface area contributed by atoms with E-state index < -0.39 is 0 Å². The third-order valence-corrected chi connectivity index (χ3v) is 6.07. The van der Waals surface area contributed by atoms with Gasteiger partial charge in [0.25, 0.3) is 5.91 Å². The second-order valence-electron chi connectivity index (χ2n) is 6.40. The molecule has 0 atom stereocenters. The molecule has 0 spiro atoms. The number of thiophene rings is 1. The molecule has 4 rings (SSSR count). The lowest BCUT2D eigenvalue weighted by molar-refractivity contribution is 0.0669. The number of hydrogen-bond donors (Lipinski definition) is 0. The minimum absolute atomic E-state index is 0.122. The maximum atomic E-state index is 12.8. The van der Waals surface area contributed by atoms with Gasteiger partial charge in [0.1, 0.15) is 10.5 Å². The Labute approximate surface area is 155 Å². The van der Waals surface area contributed by atoms with Gasteiger partial charge in [-0.15, -0.1) is 11.3 Å². The van der Waals surface area contributed by atoms with Crippen molar-refractivity contribution in [2.24, 2.45) is 7.05 Å². The fourth-order valence-electron chi connectivity index (χ4n) is 3.13. The highest BCUT2D eigenvalue weighted by Crippen LogP contribution is 2.34. The maximum absolute atomic E-state index is 12.8. The molecule has 0 N–H and O–H groups in total. The first-order chi connectivity index (χ1) is 12.0. The number of carbonyl (C=O) groups is 1. The van der Waals surface area contributed by atoms with Crippen LogP contribution in [0.3, 0.4) is 0 Å². The molecule has 1 aliphatic heterocycles. The molecule has 0 saturated carbocycles. The second kappa shape index (κ2) is 6.44. The van der Waals surface area contributed by atoms with Crippen LogP contribution in [0.4, 0.5) is 0 Å². The molecule has 1 aliphatic rings. The summed E-state index contributed by atoms with van der Waals surface area (Å²) in [6.45, 7) is 3.42. The van der Waals surface area contributed by atoms with Gasteiger partial charge in [0.05, 0.1) is 4.88 Å². The Hall–Kier alpha value is -1.89. The van der Waals surface area contributed by atoms with Crippen molar-refractivity contribution in [1.82, 2.24) is 19.6 Å². The van der Waals surface area contributed by atoms with E-state index in [-0.39, 0.29) is 5.91 Å². The summed E-state index contributed by atoms with van der Waals surface area (Å²) in [5.41, 5.74) is 1.90. The van der Waals surface area contributed by atoms with Gasteiger partial charge in [-0.1, -0.05) is 23.7 Å². The lowest BCUT2D eigenvalue weighted by atomic mass is 10.1. The van der Waals surface area contributed by atoms with Gasteiger partial charge in [0, 0.05) is 49.2 Å². The Kier molecular flexibility index (Phi) is 4.27. The van der Waals surface area contributed by atoms with Crippen LogP contribution in [0, 0.1) is 0 Å². The lowest BCUT2D eigenvalue weighted by Gasteiger charge is -2.32. The Morgan fingerprint density at radius 2 is 1.80 bits per heavy atom. The van der Waals surface area contributed by atoms with E-state index in [0.29, 0.717) is 5.02 Å². The summed E-state index contributed by atoms with van der Waals surface area (Å²) in [6.07, 6.45) is 0. The van der Waals surface area contributed by atoms with Gasteiger partial charge >= 0.3 is 0 Å². The Morgan fingerprint density at radius 1 is 1.12 bits per heavy atom. The molecule has 1 aromatic carbocycles. The van der Waals surface area contributed by atoms with E-state index in [2.05, 4.69) is 17.0 Å². The number of halogens is 1. The predicted molar refractivity (Wildman–Crippen MR) is 102 cm³/mol. The van der Waals surface area contributed by atoms with E-state index >= 15 is 0 Å². The fraction of sp³-hybridized carbons (Fsp3) is 0.333. The normalized spacial score (nSPS) is 15.9. The number of carbonyl (C=O) groups excluding carboxylic acids is 1. The number of nitrogens with zero attached hydrogens (tertiary/aromatic N) is 4. The minimum atomic E-state index is 0.122. The summed E-state index contributed by atoms with van der Waals surface area (Å²) < 4.78 is 1.85.